The van der Waals surface area contributed by atoms with E-state index < -0.39 is 0 Å². The van der Waals surface area contributed by atoms with Crippen molar-refractivity contribution in [3.05, 3.63) is 41.2 Å². The molecule has 2 N–H and O–H groups in total. The Morgan fingerprint density at radius 1 is 1.39 bits per heavy atom. The molecule has 0 aliphatic heterocycles. The molecule has 0 aromatic carbocycles. The molecular weight excluding hydrogens is 372 g/mol. The molecule has 1 unspecified atom stereocenters. The van der Waals surface area contributed by atoms with E-state index in [1.807, 2.05) is 6.07 Å². The number of aryl methyl sites for hydroxylation is 1. The molecule has 0 spiro atoms. The lowest BCUT2D eigenvalue weighted by Crippen LogP contribution is -2.13. The summed E-state index contributed by atoms with van der Waals surface area (Å²) in [6, 6.07) is 1.97. The third-order valence-electron chi connectivity index (χ3n) is 5.38. The maximum atomic E-state index is 5.47. The van der Waals surface area contributed by atoms with E-state index >= 15 is 0 Å². The van der Waals surface area contributed by atoms with Crippen LogP contribution in [0.25, 0.3) is 21.3 Å². The minimum absolute atomic E-state index is 0.495. The van der Waals surface area contributed by atoms with E-state index in [1.54, 1.807) is 31.0 Å². The highest BCUT2D eigenvalue weighted by Crippen LogP contribution is 2.42. The summed E-state index contributed by atoms with van der Waals surface area (Å²) in [5, 5.41) is 12.4. The van der Waals surface area contributed by atoms with Gasteiger partial charge in [-0.1, -0.05) is 12.2 Å². The Balaban J connectivity index is 1.60. The SMILES string of the molecule is C=C(C)C1CCc2c(sc3ncnc(Nc4cc5cn[nH]c5nc4OC)c23)C1. The largest absolute Gasteiger partial charge is 0.479 e. The molecule has 0 fully saturated rings. The summed E-state index contributed by atoms with van der Waals surface area (Å²) in [4.78, 5) is 16.0. The van der Waals surface area contributed by atoms with E-state index in [1.165, 1.54) is 16.0 Å². The fourth-order valence-electron chi connectivity index (χ4n) is 3.86. The number of allylic oxidation sites excluding steroid dienone is 1. The van der Waals surface area contributed by atoms with Crippen molar-refractivity contribution < 1.29 is 4.74 Å². The molecule has 28 heavy (non-hydrogen) atoms. The fourth-order valence-corrected chi connectivity index (χ4v) is 5.13. The second kappa shape index (κ2) is 6.56. The molecule has 8 heteroatoms. The van der Waals surface area contributed by atoms with Crippen molar-refractivity contribution in [2.75, 3.05) is 12.4 Å². The second-order valence-electron chi connectivity index (χ2n) is 7.17. The molecule has 5 rings (SSSR count). The van der Waals surface area contributed by atoms with Gasteiger partial charge in [-0.3, -0.25) is 5.10 Å². The summed E-state index contributed by atoms with van der Waals surface area (Å²) >= 11 is 1.77. The molecule has 7 nitrogen and oxygen atoms in total. The third-order valence-corrected chi connectivity index (χ3v) is 6.54. The number of aromatic amines is 1. The molecule has 4 aromatic rings. The average Bonchev–Trinajstić information content (AvgIpc) is 3.30. The quantitative estimate of drug-likeness (QED) is 0.501. The lowest BCUT2D eigenvalue weighted by molar-refractivity contribution is 0.401. The van der Waals surface area contributed by atoms with E-state index in [0.29, 0.717) is 17.4 Å². The minimum Gasteiger partial charge on any atom is -0.479 e. The predicted molar refractivity (Wildman–Crippen MR) is 111 cm³/mol. The van der Waals surface area contributed by atoms with Crippen LogP contribution in [-0.2, 0) is 12.8 Å². The first-order valence-corrected chi connectivity index (χ1v) is 10.0. The molecular formula is C20H20N6OS. The molecule has 4 aromatic heterocycles. The summed E-state index contributed by atoms with van der Waals surface area (Å²) in [6.45, 7) is 6.28. The van der Waals surface area contributed by atoms with Gasteiger partial charge >= 0.3 is 0 Å². The van der Waals surface area contributed by atoms with Crippen molar-refractivity contribution in [2.24, 2.45) is 5.92 Å². The van der Waals surface area contributed by atoms with Crippen LogP contribution in [0.3, 0.4) is 0 Å². The van der Waals surface area contributed by atoms with Gasteiger partial charge in [0, 0.05) is 10.3 Å². The zero-order valence-electron chi connectivity index (χ0n) is 15.7. The van der Waals surface area contributed by atoms with Crippen LogP contribution in [0.15, 0.2) is 30.7 Å². The predicted octanol–water partition coefficient (Wildman–Crippen LogP) is 4.40. The van der Waals surface area contributed by atoms with Crippen molar-refractivity contribution >= 4 is 44.1 Å². The van der Waals surface area contributed by atoms with Crippen molar-refractivity contribution in [3.8, 4) is 5.88 Å². The van der Waals surface area contributed by atoms with Crippen LogP contribution >= 0.6 is 11.3 Å². The lowest BCUT2D eigenvalue weighted by atomic mass is 9.84. The number of fused-ring (bicyclic) bond motifs is 4. The number of hydrogen-bond acceptors (Lipinski definition) is 7. The van der Waals surface area contributed by atoms with Crippen molar-refractivity contribution in [2.45, 2.75) is 26.2 Å². The number of hydrogen-bond donors (Lipinski definition) is 2. The van der Waals surface area contributed by atoms with Gasteiger partial charge in [-0.15, -0.1) is 11.3 Å². The molecule has 1 atom stereocenters. The summed E-state index contributed by atoms with van der Waals surface area (Å²) in [6.07, 6.45) is 6.53. The van der Waals surface area contributed by atoms with Crippen LogP contribution in [0.4, 0.5) is 11.5 Å². The number of nitrogens with zero attached hydrogens (tertiary/aromatic N) is 4. The topological polar surface area (TPSA) is 88.6 Å². The highest BCUT2D eigenvalue weighted by Gasteiger charge is 2.25. The lowest BCUT2D eigenvalue weighted by Gasteiger charge is -2.22. The van der Waals surface area contributed by atoms with Crippen molar-refractivity contribution in [1.82, 2.24) is 25.1 Å². The zero-order valence-corrected chi connectivity index (χ0v) is 16.6. The first kappa shape index (κ1) is 17.1. The molecule has 0 saturated heterocycles. The van der Waals surface area contributed by atoms with Gasteiger partial charge in [0.2, 0.25) is 5.88 Å². The maximum Gasteiger partial charge on any atom is 0.239 e. The Morgan fingerprint density at radius 2 is 2.29 bits per heavy atom. The Bertz CT molecular complexity index is 1210. The van der Waals surface area contributed by atoms with Gasteiger partial charge in [-0.05, 0) is 43.7 Å². The standard InChI is InChI=1S/C20H20N6OS/c1-10(2)11-4-5-13-15(7-11)28-20-16(13)18(21-9-22-20)24-14-6-12-8-23-26-17(12)25-19(14)27-3/h6,8-9,11H,1,4-5,7H2,2-3H3,(H,21,22,24)(H,23,25,26). The van der Waals surface area contributed by atoms with Crippen LogP contribution in [0.5, 0.6) is 5.88 Å². The van der Waals surface area contributed by atoms with Gasteiger partial charge in [0.25, 0.3) is 0 Å². The number of H-pyrrole nitrogens is 1. The number of ether oxygens (including phenoxy) is 1. The Kier molecular flexibility index (Phi) is 4.01. The Morgan fingerprint density at radius 3 is 3.11 bits per heavy atom. The van der Waals surface area contributed by atoms with Crippen LogP contribution in [0.1, 0.15) is 23.8 Å². The molecule has 0 bridgehead atoms. The van der Waals surface area contributed by atoms with E-state index in [2.05, 4.69) is 44.0 Å². The second-order valence-corrected chi connectivity index (χ2v) is 8.25. The van der Waals surface area contributed by atoms with Crippen LogP contribution in [-0.4, -0.2) is 32.3 Å². The number of thiophene rings is 1. The van der Waals surface area contributed by atoms with Gasteiger partial charge in [0.05, 0.1) is 18.7 Å². The Labute approximate surface area is 165 Å². The fraction of sp³-hybridized carbons (Fsp3) is 0.300. The average molecular weight is 392 g/mol. The van der Waals surface area contributed by atoms with Crippen molar-refractivity contribution in [3.63, 3.8) is 0 Å². The summed E-state index contributed by atoms with van der Waals surface area (Å²) < 4.78 is 5.47. The van der Waals surface area contributed by atoms with Gasteiger partial charge in [0.15, 0.2) is 5.65 Å². The molecule has 0 saturated carbocycles. The monoisotopic (exact) mass is 392 g/mol. The number of pyridine rings is 1. The summed E-state index contributed by atoms with van der Waals surface area (Å²) in [7, 11) is 1.61. The zero-order chi connectivity index (χ0) is 19.3. The summed E-state index contributed by atoms with van der Waals surface area (Å²) in [5.41, 5.74) is 4.06. The number of aromatic nitrogens is 5. The summed E-state index contributed by atoms with van der Waals surface area (Å²) in [5.74, 6) is 1.84. The van der Waals surface area contributed by atoms with Crippen LogP contribution in [0.2, 0.25) is 0 Å². The first-order chi connectivity index (χ1) is 13.6. The van der Waals surface area contributed by atoms with E-state index in [9.17, 15) is 0 Å². The van der Waals surface area contributed by atoms with Crippen LogP contribution in [0, 0.1) is 5.92 Å². The maximum absolute atomic E-state index is 5.47. The molecule has 4 heterocycles. The van der Waals surface area contributed by atoms with Crippen LogP contribution < -0.4 is 10.1 Å². The third kappa shape index (κ3) is 2.72. The van der Waals surface area contributed by atoms with E-state index in [0.717, 1.165) is 46.4 Å². The number of nitrogens with one attached hydrogen (secondary N) is 2. The van der Waals surface area contributed by atoms with Gasteiger partial charge in [0.1, 0.15) is 22.7 Å². The number of rotatable bonds is 4. The van der Waals surface area contributed by atoms with Crippen molar-refractivity contribution in [1.29, 1.82) is 0 Å². The highest BCUT2D eigenvalue weighted by atomic mass is 32.1. The van der Waals surface area contributed by atoms with Gasteiger partial charge in [-0.2, -0.15) is 10.1 Å². The van der Waals surface area contributed by atoms with E-state index in [-0.39, 0.29) is 0 Å². The molecule has 1 aliphatic carbocycles. The molecule has 1 aliphatic rings. The number of anilines is 2. The molecule has 142 valence electrons. The smallest absolute Gasteiger partial charge is 0.239 e. The Hall–Kier alpha value is -3.00. The molecule has 0 amide bonds. The van der Waals surface area contributed by atoms with Gasteiger partial charge < -0.3 is 10.1 Å². The normalized spacial score (nSPS) is 16.3. The minimum atomic E-state index is 0.495. The van der Waals surface area contributed by atoms with Gasteiger partial charge in [-0.25, -0.2) is 9.97 Å². The molecule has 0 radical (unpaired) electrons. The first-order valence-electron chi connectivity index (χ1n) is 9.20. The number of methoxy groups -OCH3 is 1. The highest BCUT2D eigenvalue weighted by molar-refractivity contribution is 7.19. The van der Waals surface area contributed by atoms with E-state index in [4.69, 9.17) is 4.74 Å².